The SMILES string of the molecule is N[C@@H](CCCN1C=CC(SCC2=C(C(=O)O)N3C(=O)[C@H](NC(=S)Cc4cc(Cl)nc(Cl)c4)[C@H]3SC2)=CC1)C(=O)O. The van der Waals surface area contributed by atoms with Gasteiger partial charge in [-0.3, -0.25) is 14.5 Å². The number of β-lactam (4-membered cyclic amide) rings is 1. The van der Waals surface area contributed by atoms with Crippen LogP contribution < -0.4 is 11.1 Å². The number of nitrogens with one attached hydrogen (secondary N) is 1. The molecule has 5 N–H and O–H groups in total. The molecule has 1 amide bonds. The third-order valence-corrected chi connectivity index (χ3v) is 9.54. The van der Waals surface area contributed by atoms with Crippen LogP contribution in [0.3, 0.4) is 0 Å². The third-order valence-electron chi connectivity index (χ3n) is 6.42. The maximum Gasteiger partial charge on any atom is 0.352 e. The quantitative estimate of drug-likeness (QED) is 0.151. The summed E-state index contributed by atoms with van der Waals surface area (Å²) < 4.78 is 0. The van der Waals surface area contributed by atoms with E-state index in [2.05, 4.69) is 15.2 Å². The molecule has 1 fully saturated rings. The fourth-order valence-electron chi connectivity index (χ4n) is 4.42. The Morgan fingerprint density at radius 1 is 1.30 bits per heavy atom. The van der Waals surface area contributed by atoms with Gasteiger partial charge in [-0.15, -0.1) is 23.5 Å². The largest absolute Gasteiger partial charge is 0.480 e. The van der Waals surface area contributed by atoms with Crippen LogP contribution in [0.4, 0.5) is 0 Å². The molecule has 15 heteroatoms. The first-order valence-corrected chi connectivity index (χ1v) is 15.5. The number of aliphatic carboxylic acids is 2. The molecule has 4 rings (SSSR count). The molecule has 4 heterocycles. The van der Waals surface area contributed by atoms with Gasteiger partial charge in [0.1, 0.15) is 33.5 Å². The van der Waals surface area contributed by atoms with Crippen LogP contribution in [-0.4, -0.2) is 89.9 Å². The number of amides is 1. The minimum atomic E-state index is -1.13. The molecule has 0 spiro atoms. The van der Waals surface area contributed by atoms with Gasteiger partial charge in [0.2, 0.25) is 0 Å². The average Bonchev–Trinajstić information content (AvgIpc) is 2.89. The van der Waals surface area contributed by atoms with E-state index in [0.717, 1.165) is 10.5 Å². The number of nitrogens with two attached hydrogens (primary N) is 1. The van der Waals surface area contributed by atoms with Crippen LogP contribution in [0.2, 0.25) is 10.3 Å². The number of nitrogens with zero attached hydrogens (tertiary/aromatic N) is 3. The Hall–Kier alpha value is -2.29. The summed E-state index contributed by atoms with van der Waals surface area (Å²) in [6.45, 7) is 1.36. The number of hydrogen-bond donors (Lipinski definition) is 4. The van der Waals surface area contributed by atoms with Gasteiger partial charge >= 0.3 is 11.9 Å². The molecule has 40 heavy (non-hydrogen) atoms. The predicted octanol–water partition coefficient (Wildman–Crippen LogP) is 3.11. The lowest BCUT2D eigenvalue weighted by atomic mass is 10.0. The lowest BCUT2D eigenvalue weighted by Crippen LogP contribution is -2.70. The summed E-state index contributed by atoms with van der Waals surface area (Å²) >= 11 is 20.4. The van der Waals surface area contributed by atoms with Gasteiger partial charge in [0.15, 0.2) is 0 Å². The maximum atomic E-state index is 13.0. The monoisotopic (exact) mass is 643 g/mol. The van der Waals surface area contributed by atoms with Gasteiger partial charge in [-0.05, 0) is 42.2 Å². The molecule has 1 saturated heterocycles. The zero-order valence-corrected chi connectivity index (χ0v) is 25.0. The van der Waals surface area contributed by atoms with Crippen LogP contribution in [0.5, 0.6) is 0 Å². The molecule has 3 aliphatic heterocycles. The molecule has 1 aromatic rings. The summed E-state index contributed by atoms with van der Waals surface area (Å²) in [5.74, 6) is -1.54. The molecule has 0 saturated carbocycles. The molecule has 3 atom stereocenters. The zero-order valence-electron chi connectivity index (χ0n) is 21.1. The lowest BCUT2D eigenvalue weighted by molar-refractivity contribution is -0.148. The summed E-state index contributed by atoms with van der Waals surface area (Å²) in [5, 5.41) is 22.0. The van der Waals surface area contributed by atoms with Crippen molar-refractivity contribution in [2.75, 3.05) is 24.6 Å². The van der Waals surface area contributed by atoms with Crippen molar-refractivity contribution >= 4 is 81.8 Å². The van der Waals surface area contributed by atoms with Crippen molar-refractivity contribution < 1.29 is 24.6 Å². The van der Waals surface area contributed by atoms with Gasteiger partial charge in [-0.25, -0.2) is 9.78 Å². The Morgan fingerprint density at radius 2 is 2.02 bits per heavy atom. The number of fused-ring (bicyclic) bond motifs is 1. The highest BCUT2D eigenvalue weighted by molar-refractivity contribution is 8.03. The van der Waals surface area contributed by atoms with Crippen molar-refractivity contribution in [1.82, 2.24) is 20.1 Å². The molecule has 3 aliphatic rings. The molecule has 0 radical (unpaired) electrons. The summed E-state index contributed by atoms with van der Waals surface area (Å²) in [4.78, 5) is 44.8. The highest BCUT2D eigenvalue weighted by atomic mass is 35.5. The maximum absolute atomic E-state index is 13.0. The van der Waals surface area contributed by atoms with Crippen LogP contribution in [0.15, 0.2) is 46.7 Å². The number of thiocarbonyl (C=S) groups is 1. The van der Waals surface area contributed by atoms with E-state index in [1.54, 1.807) is 12.1 Å². The molecular weight excluding hydrogens is 617 g/mol. The van der Waals surface area contributed by atoms with Crippen LogP contribution in [-0.2, 0) is 20.8 Å². The minimum Gasteiger partial charge on any atom is -0.480 e. The number of carbonyl (C=O) groups excluding carboxylic acids is 1. The van der Waals surface area contributed by atoms with Crippen LogP contribution >= 0.6 is 58.9 Å². The first-order chi connectivity index (χ1) is 19.0. The van der Waals surface area contributed by atoms with Crippen LogP contribution in [0.1, 0.15) is 18.4 Å². The second kappa shape index (κ2) is 13.6. The summed E-state index contributed by atoms with van der Waals surface area (Å²) in [5.41, 5.74) is 7.03. The van der Waals surface area contributed by atoms with E-state index in [0.29, 0.717) is 54.4 Å². The first-order valence-electron chi connectivity index (χ1n) is 12.3. The van der Waals surface area contributed by atoms with E-state index >= 15 is 0 Å². The fourth-order valence-corrected chi connectivity index (χ4v) is 7.62. The molecular formula is C25H27Cl2N5O5S3. The number of hydrogen-bond acceptors (Lipinski definition) is 9. The van der Waals surface area contributed by atoms with E-state index in [-0.39, 0.29) is 27.3 Å². The van der Waals surface area contributed by atoms with Gasteiger partial charge in [-0.2, -0.15) is 0 Å². The number of carbonyl (C=O) groups is 3. The number of rotatable bonds is 12. The molecule has 0 aliphatic carbocycles. The van der Waals surface area contributed by atoms with Gasteiger partial charge in [0, 0.05) is 42.1 Å². The van der Waals surface area contributed by atoms with Crippen molar-refractivity contribution in [3.8, 4) is 0 Å². The average molecular weight is 645 g/mol. The Labute approximate surface area is 255 Å². The van der Waals surface area contributed by atoms with E-state index < -0.39 is 24.0 Å². The Bertz CT molecular complexity index is 1290. The normalized spacial score (nSPS) is 21.0. The predicted molar refractivity (Wildman–Crippen MR) is 161 cm³/mol. The van der Waals surface area contributed by atoms with Crippen molar-refractivity contribution in [2.24, 2.45) is 5.73 Å². The van der Waals surface area contributed by atoms with E-state index in [1.165, 1.54) is 28.4 Å². The van der Waals surface area contributed by atoms with Crippen molar-refractivity contribution in [3.63, 3.8) is 0 Å². The number of aromatic nitrogens is 1. The molecule has 0 bridgehead atoms. The number of allylic oxidation sites excluding steroid dienone is 1. The summed E-state index contributed by atoms with van der Waals surface area (Å²) in [6.07, 6.45) is 7.32. The van der Waals surface area contributed by atoms with Crippen molar-refractivity contribution in [2.45, 2.75) is 36.7 Å². The topological polar surface area (TPSA) is 149 Å². The molecule has 10 nitrogen and oxygen atoms in total. The molecule has 0 unspecified atom stereocenters. The molecule has 1 aromatic heterocycles. The van der Waals surface area contributed by atoms with Gasteiger partial charge in [0.25, 0.3) is 5.91 Å². The lowest BCUT2D eigenvalue weighted by Gasteiger charge is -2.49. The van der Waals surface area contributed by atoms with Crippen LogP contribution in [0.25, 0.3) is 0 Å². The van der Waals surface area contributed by atoms with E-state index in [1.807, 2.05) is 18.4 Å². The highest BCUT2D eigenvalue weighted by Crippen LogP contribution is 2.41. The van der Waals surface area contributed by atoms with Gasteiger partial charge < -0.3 is 26.2 Å². The Kier molecular flexibility index (Phi) is 10.4. The number of carboxylic acids is 2. The third kappa shape index (κ3) is 7.51. The number of carboxylic acid groups (broad SMARTS) is 2. The minimum absolute atomic E-state index is 0.0368. The standard InChI is InChI=1S/C25H27Cl2N5O5S3/c26-17-8-13(9-18(27)29-17)10-19(38)30-20-22(33)32-21(25(36)37)14(12-40-23(20)32)11-39-15-3-6-31(7-4-15)5-1-2-16(28)24(34)35/h3-4,6,8-9,16,20,23H,1-2,5,7,10-12,28H2,(H,30,38)(H,34,35)(H,36,37)/t16-,20-,23+/m0/s1. The van der Waals surface area contributed by atoms with E-state index in [9.17, 15) is 19.5 Å². The highest BCUT2D eigenvalue weighted by Gasteiger charge is 2.53. The number of pyridine rings is 1. The Balaban J connectivity index is 1.30. The van der Waals surface area contributed by atoms with Crippen molar-refractivity contribution in [3.05, 3.63) is 62.5 Å². The zero-order chi connectivity index (χ0) is 29.0. The number of thioether (sulfide) groups is 2. The van der Waals surface area contributed by atoms with Gasteiger partial charge in [0.05, 0.1) is 4.99 Å². The molecule has 214 valence electrons. The second-order valence-electron chi connectivity index (χ2n) is 9.30. The fraction of sp³-hybridized carbons (Fsp3) is 0.400. The smallest absolute Gasteiger partial charge is 0.352 e. The number of halogens is 2. The summed E-state index contributed by atoms with van der Waals surface area (Å²) in [6, 6.07) is 1.82. The Morgan fingerprint density at radius 3 is 2.65 bits per heavy atom. The van der Waals surface area contributed by atoms with Crippen molar-refractivity contribution in [1.29, 1.82) is 0 Å². The first kappa shape index (κ1) is 30.7. The van der Waals surface area contributed by atoms with E-state index in [4.69, 9.17) is 46.3 Å². The molecule has 0 aromatic carbocycles. The van der Waals surface area contributed by atoms with Gasteiger partial charge in [-0.1, -0.05) is 41.5 Å². The summed E-state index contributed by atoms with van der Waals surface area (Å²) in [7, 11) is 0. The van der Waals surface area contributed by atoms with Crippen LogP contribution in [0, 0.1) is 0 Å². The second-order valence-corrected chi connectivity index (χ2v) is 12.7.